The number of alkyl halides is 1. The molecule has 0 saturated carbocycles. The third-order valence-corrected chi connectivity index (χ3v) is 15.0. The number of nitrogen functional groups attached to an aromatic ring is 3. The molecule has 0 saturated heterocycles. The van der Waals surface area contributed by atoms with Crippen molar-refractivity contribution in [3.05, 3.63) is 174 Å². The van der Waals surface area contributed by atoms with Gasteiger partial charge in [0.05, 0.1) is 74.0 Å². The number of fused-ring (bicyclic) bond motifs is 1. The molecule has 0 aliphatic rings. The quantitative estimate of drug-likeness (QED) is 0.0209. The molecule has 9 rings (SSSR count). The van der Waals surface area contributed by atoms with Crippen molar-refractivity contribution in [1.29, 1.82) is 0 Å². The predicted octanol–water partition coefficient (Wildman–Crippen LogP) is 20.1. The van der Waals surface area contributed by atoms with E-state index in [-0.39, 0.29) is 75.9 Å². The van der Waals surface area contributed by atoms with Crippen molar-refractivity contribution < 1.29 is 65.9 Å². The maximum absolute atomic E-state index is 10.8. The van der Waals surface area contributed by atoms with Crippen molar-refractivity contribution >= 4 is 214 Å². The number of carboxylic acid groups (broad SMARTS) is 1. The van der Waals surface area contributed by atoms with E-state index >= 15 is 0 Å². The van der Waals surface area contributed by atoms with Gasteiger partial charge >= 0.3 is 45.0 Å². The van der Waals surface area contributed by atoms with Crippen LogP contribution in [0.25, 0.3) is 17.3 Å². The fraction of sp³-hybridized carbons (Fsp3) is 0.366. The number of esters is 1. The fourth-order valence-corrected chi connectivity index (χ4v) is 10.0. The molecule has 9 aromatic rings. The van der Waals surface area contributed by atoms with Crippen LogP contribution in [0.1, 0.15) is 145 Å². The molecule has 0 fully saturated rings. The van der Waals surface area contributed by atoms with E-state index in [1.807, 2.05) is 110 Å². The molecule has 0 unspecified atom stereocenters. The van der Waals surface area contributed by atoms with Gasteiger partial charge in [0.15, 0.2) is 23.0 Å². The molecule has 0 radical (unpaired) electrons. The number of pyridine rings is 6. The summed E-state index contributed by atoms with van der Waals surface area (Å²) in [5.74, 6) is 2.51. The Morgan fingerprint density at radius 1 is 0.543 bits per heavy atom. The molecule has 0 aliphatic heterocycles. The van der Waals surface area contributed by atoms with Gasteiger partial charge in [0.1, 0.15) is 46.3 Å². The average Bonchev–Trinajstić information content (AvgIpc) is 1.74. The van der Waals surface area contributed by atoms with Crippen LogP contribution in [0.2, 0.25) is 25.1 Å². The number of carboxylic acids is 1. The Labute approximate surface area is 711 Å². The molecular weight excluding hydrogens is 2030 g/mol. The van der Waals surface area contributed by atoms with E-state index in [0.717, 1.165) is 45.1 Å². The number of aliphatic hydroxyl groups excluding tert-OH is 1. The maximum atomic E-state index is 10.8. The monoisotopic (exact) mass is 2120 g/mol. The van der Waals surface area contributed by atoms with E-state index in [0.29, 0.717) is 78.3 Å². The second-order valence-corrected chi connectivity index (χ2v) is 28.1. The van der Waals surface area contributed by atoms with Crippen LogP contribution in [-0.2, 0) is 36.7 Å². The van der Waals surface area contributed by atoms with E-state index < -0.39 is 17.7 Å². The first kappa shape index (κ1) is 106. The molecule has 0 bridgehead atoms. The number of imidazole rings is 1. The van der Waals surface area contributed by atoms with Crippen molar-refractivity contribution in [3.8, 4) is 28.9 Å². The van der Waals surface area contributed by atoms with Crippen LogP contribution in [0.5, 0.6) is 17.2 Å². The first-order valence-electron chi connectivity index (χ1n) is 30.3. The summed E-state index contributed by atoms with van der Waals surface area (Å²) in [6.45, 7) is 28.1. The van der Waals surface area contributed by atoms with Crippen molar-refractivity contribution in [2.24, 2.45) is 0 Å². The van der Waals surface area contributed by atoms with Crippen molar-refractivity contribution in [1.82, 2.24) is 43.4 Å². The number of aromatic nitrogens is 9. The predicted molar refractivity (Wildman–Crippen MR) is 462 cm³/mol. The minimum absolute atomic E-state index is 0. The summed E-state index contributed by atoms with van der Waals surface area (Å²) in [5.41, 5.74) is 20.9. The molecule has 9 heterocycles. The van der Waals surface area contributed by atoms with Gasteiger partial charge in [-0.15, -0.1) is 0 Å². The molecule has 9 aromatic heterocycles. The Balaban J connectivity index is -0.000000556. The number of ketones is 3. The van der Waals surface area contributed by atoms with Gasteiger partial charge in [0.2, 0.25) is 5.78 Å². The van der Waals surface area contributed by atoms with E-state index in [1.165, 1.54) is 20.0 Å². The number of carbonyl (C=O) groups excluding carboxylic acids is 4. The number of rotatable bonds is 15. The van der Waals surface area contributed by atoms with Gasteiger partial charge in [-0.3, -0.25) is 4.79 Å². The van der Waals surface area contributed by atoms with Crippen LogP contribution < -0.4 is 31.4 Å². The molecule has 0 amide bonds. The molecule has 0 spiro atoms. The summed E-state index contributed by atoms with van der Waals surface area (Å²) >= 11 is 45.0. The summed E-state index contributed by atoms with van der Waals surface area (Å²) < 4.78 is 29.6. The Hall–Kier alpha value is -4.92. The fourth-order valence-electron chi connectivity index (χ4n) is 7.16. The number of nitrogens with zero attached hydrogens (tertiary/aromatic N) is 9. The summed E-state index contributed by atoms with van der Waals surface area (Å²) in [6.07, 6.45) is 12.4. The van der Waals surface area contributed by atoms with Crippen LogP contribution in [-0.4, -0.2) is 119 Å². The summed E-state index contributed by atoms with van der Waals surface area (Å²) in [6, 6.07) is 20.7. The number of hydrogen-bond acceptors (Lipinski definition) is 19. The first-order valence-corrected chi connectivity index (χ1v) is 39.6. The average molecular weight is 2120 g/mol. The van der Waals surface area contributed by atoms with Gasteiger partial charge < -0.3 is 69.5 Å². The van der Waals surface area contributed by atoms with E-state index in [4.69, 9.17) is 99.6 Å². The Morgan fingerprint density at radius 3 is 1.25 bits per heavy atom. The molecule has 0 aromatic carbocycles. The number of anilines is 3. The van der Waals surface area contributed by atoms with Gasteiger partial charge in [-0.1, -0.05) is 96.2 Å². The third-order valence-electron chi connectivity index (χ3n) is 11.3. The van der Waals surface area contributed by atoms with Crippen LogP contribution in [0.4, 0.5) is 17.5 Å². The topological polar surface area (TPSA) is 332 Å². The van der Waals surface area contributed by atoms with Gasteiger partial charge in [0, 0.05) is 95.4 Å². The Morgan fingerprint density at radius 2 is 0.905 bits per heavy atom. The molecule has 0 aliphatic carbocycles. The number of carbonyl (C=O) groups is 5. The molecule has 34 heteroatoms. The first-order chi connectivity index (χ1) is 47.7. The van der Waals surface area contributed by atoms with Crippen LogP contribution >= 0.6 is 162 Å². The molecular formula is C71H95BrCl5CuI4N12O11. The zero-order chi connectivity index (χ0) is 78.3. The summed E-state index contributed by atoms with van der Waals surface area (Å²) in [4.78, 5) is 76.1. The van der Waals surface area contributed by atoms with Crippen molar-refractivity contribution in [2.45, 2.75) is 163 Å². The second kappa shape index (κ2) is 57.2. The van der Waals surface area contributed by atoms with E-state index in [1.54, 1.807) is 101 Å². The van der Waals surface area contributed by atoms with Gasteiger partial charge in [-0.25, -0.2) is 39.5 Å². The molecule has 105 heavy (non-hydrogen) atoms. The zero-order valence-electron chi connectivity index (χ0n) is 58.4. The number of ether oxygens (including phenoxy) is 4. The van der Waals surface area contributed by atoms with Crippen LogP contribution in [0.3, 0.4) is 0 Å². The SMILES string of the molecule is C.C.C.CC(=O)CCC(C)=O.CC(C)O.CC(C)Oc1cc(Cl)c2nc(C(=O)O)cn2c1.CC(C)Oc1cnc(N)c(Cl)c1.CCOC(=O)C(=O)CBr.Cc1ccc(C)n1-c1ncc(I)cc1Cl.Cc1ccc(C)n1-c1ncc(OC(C)C)cc1Cl.Nc1ccc(I)cn1.Nc1ncc(I)cc1Cl.[Cu][I]. The number of nitrogens with two attached hydrogens (primary N) is 3. The standard InChI is InChI=1S/C14H17ClN2O.C11H10ClIN2.C11H11ClN2O3.C8H11ClN2O.C6H10O2.C5H7BrO3.C5H4ClIN2.C5H5IN2.C3H8O.3CH4.Cu.HI/c1-9(2)18-12-7-13(15)14(16-8-12)17-10(3)5-6-11(17)4;1-7-3-4-8(2)15(7)11-10(12)5-9(13)6-14-11;1-6(2)17-7-3-8(12)10-13-9(11(15)16)5-14(10)4-7;1-5(2)12-6-3-7(9)8(10)11-4-6;1-5(7)3-4-6(2)8;1-2-9-5(8)4(7)3-6;6-4-1-3(7)2-9-5(4)8;6-4-1-2-5(7)8-3-4;1-3(2)4;;;;;/h5-9H,1-4H3;3-6H,1-2H3;3-6H,1-2H3,(H,15,16);3-5H,1-2H3,(H2,10,11);3-4H2,1-2H3;2-3H2,1H3;1-2H,(H2,8,9);1-3H,(H2,7,8);3-4H,1-2H3;3*1H4;;1H/q;;;;;;;;;;;;+1;/p-1. The number of aryl methyl sites for hydroxylation is 4. The van der Waals surface area contributed by atoms with Crippen LogP contribution in [0, 0.1) is 38.4 Å². The van der Waals surface area contributed by atoms with Gasteiger partial charge in [-0.05, 0) is 220 Å². The molecule has 586 valence electrons. The third kappa shape index (κ3) is 44.4. The van der Waals surface area contributed by atoms with E-state index in [2.05, 4.69) is 148 Å². The minimum atomic E-state index is -1.09. The summed E-state index contributed by atoms with van der Waals surface area (Å²) in [7, 11) is 0. The number of Topliss-reactive ketones (excluding diaryl/α,β-unsaturated/α-hetero) is 3. The number of aromatic carboxylic acids is 1. The van der Waals surface area contributed by atoms with Gasteiger partial charge in [0.25, 0.3) is 0 Å². The zero-order valence-corrected chi connectivity index (χ0v) is 73.4. The molecule has 8 N–H and O–H groups in total. The second-order valence-electron chi connectivity index (χ2n) is 21.8. The van der Waals surface area contributed by atoms with Crippen LogP contribution in [0.15, 0.2) is 110 Å². The number of hydrogen-bond donors (Lipinski definition) is 5. The Bertz CT molecular complexity index is 4010. The number of halogens is 10. The Kier molecular flexibility index (Phi) is 58.0. The summed E-state index contributed by atoms with van der Waals surface area (Å²) in [5, 5.41) is 19.5. The van der Waals surface area contributed by atoms with Gasteiger partial charge in [-0.2, -0.15) is 0 Å². The van der Waals surface area contributed by atoms with Crippen molar-refractivity contribution in [3.63, 3.8) is 0 Å². The number of aliphatic hydroxyl groups is 1. The molecule has 23 nitrogen and oxygen atoms in total. The van der Waals surface area contributed by atoms with E-state index in [9.17, 15) is 24.0 Å². The normalized spacial score (nSPS) is 9.71. The van der Waals surface area contributed by atoms with Crippen molar-refractivity contribution in [2.75, 3.05) is 29.1 Å². The molecule has 0 atom stereocenters.